The number of nitriles is 1. The Morgan fingerprint density at radius 3 is 2.84 bits per heavy atom. The van der Waals surface area contributed by atoms with Crippen molar-refractivity contribution in [1.29, 1.82) is 5.26 Å². The minimum Gasteiger partial charge on any atom is -0.478 e. The quantitative estimate of drug-likeness (QED) is 0.604. The molecule has 5 rings (SSSR count). The summed E-state index contributed by atoms with van der Waals surface area (Å²) >= 11 is 0. The molecular weight excluding hydrogens is 390 g/mol. The number of nitrogens with two attached hydrogens (primary N) is 1. The molecule has 31 heavy (non-hydrogen) atoms. The van der Waals surface area contributed by atoms with Gasteiger partial charge < -0.3 is 20.7 Å². The molecule has 0 saturated carbocycles. The van der Waals surface area contributed by atoms with Crippen LogP contribution in [0.1, 0.15) is 32.7 Å². The Hall–Kier alpha value is -3.47. The first-order chi connectivity index (χ1) is 14.9. The number of rotatable bonds is 4. The number of nitrogens with one attached hydrogen (secondary N) is 1. The van der Waals surface area contributed by atoms with Crippen molar-refractivity contribution in [1.82, 2.24) is 14.9 Å². The summed E-state index contributed by atoms with van der Waals surface area (Å²) in [6, 6.07) is 11.5. The van der Waals surface area contributed by atoms with Crippen LogP contribution < -0.4 is 11.1 Å². The minimum absolute atomic E-state index is 0.393. The average Bonchev–Trinajstić information content (AvgIpc) is 3.04. The first-order valence-electron chi connectivity index (χ1n) is 10.3. The van der Waals surface area contributed by atoms with Crippen LogP contribution in [0, 0.1) is 11.3 Å². The van der Waals surface area contributed by atoms with Crippen molar-refractivity contribution in [3.8, 4) is 28.6 Å². The Kier molecular flexibility index (Phi) is 4.43. The number of nitrogens with zero attached hydrogens (tertiary/aromatic N) is 3. The molecule has 4 N–H and O–H groups in total. The van der Waals surface area contributed by atoms with Gasteiger partial charge in [0.2, 0.25) is 0 Å². The van der Waals surface area contributed by atoms with E-state index in [9.17, 15) is 15.2 Å². The number of hydrogen-bond donors (Lipinski definition) is 3. The Morgan fingerprint density at radius 1 is 1.35 bits per heavy atom. The second-order valence-electron chi connectivity index (χ2n) is 8.58. The molecule has 0 atom stereocenters. The van der Waals surface area contributed by atoms with Gasteiger partial charge in [0.25, 0.3) is 0 Å². The summed E-state index contributed by atoms with van der Waals surface area (Å²) in [5.41, 5.74) is 13.3. The number of fused-ring (bicyclic) bond motifs is 3. The van der Waals surface area contributed by atoms with E-state index in [1.165, 1.54) is 0 Å². The van der Waals surface area contributed by atoms with E-state index in [4.69, 9.17) is 5.73 Å². The summed E-state index contributed by atoms with van der Waals surface area (Å²) in [7, 11) is 1.93. The molecule has 7 heteroatoms. The van der Waals surface area contributed by atoms with Crippen molar-refractivity contribution < 1.29 is 9.90 Å². The van der Waals surface area contributed by atoms with Gasteiger partial charge in [0.1, 0.15) is 0 Å². The van der Waals surface area contributed by atoms with E-state index in [2.05, 4.69) is 16.4 Å². The molecule has 2 aliphatic rings. The van der Waals surface area contributed by atoms with Crippen LogP contribution >= 0.6 is 0 Å². The van der Waals surface area contributed by atoms with Gasteiger partial charge in [-0.2, -0.15) is 5.26 Å². The maximum Gasteiger partial charge on any atom is 0.337 e. The van der Waals surface area contributed by atoms with Crippen LogP contribution in [0.15, 0.2) is 36.5 Å². The Labute approximate surface area is 180 Å². The third-order valence-electron chi connectivity index (χ3n) is 6.48. The third-order valence-corrected chi connectivity index (χ3v) is 6.48. The van der Waals surface area contributed by atoms with E-state index in [1.54, 1.807) is 6.07 Å². The van der Waals surface area contributed by atoms with Crippen LogP contribution in [-0.2, 0) is 26.3 Å². The number of carboxylic acid groups (broad SMARTS) is 1. The van der Waals surface area contributed by atoms with Crippen LogP contribution in [0.5, 0.6) is 0 Å². The first kappa shape index (κ1) is 19.5. The van der Waals surface area contributed by atoms with Gasteiger partial charge in [-0.3, -0.25) is 4.98 Å². The lowest BCUT2D eigenvalue weighted by Crippen LogP contribution is -2.67. The van der Waals surface area contributed by atoms with E-state index in [1.807, 2.05) is 42.1 Å². The van der Waals surface area contributed by atoms with Crippen LogP contribution in [0.3, 0.4) is 0 Å². The lowest BCUT2D eigenvalue weighted by atomic mass is 9.85. The lowest BCUT2D eigenvalue weighted by molar-refractivity contribution is 0.0693. The van der Waals surface area contributed by atoms with Crippen LogP contribution in [0.4, 0.5) is 0 Å². The summed E-state index contributed by atoms with van der Waals surface area (Å²) in [5, 5.41) is 22.5. The second kappa shape index (κ2) is 7.05. The molecule has 7 nitrogen and oxygen atoms in total. The molecule has 0 unspecified atom stereocenters. The van der Waals surface area contributed by atoms with E-state index >= 15 is 0 Å². The van der Waals surface area contributed by atoms with E-state index in [-0.39, 0.29) is 0 Å². The largest absolute Gasteiger partial charge is 0.478 e. The lowest BCUT2D eigenvalue weighted by Gasteiger charge is -2.39. The van der Waals surface area contributed by atoms with E-state index in [0.717, 1.165) is 45.8 Å². The Morgan fingerprint density at radius 2 is 2.16 bits per heavy atom. The molecule has 3 heterocycles. The molecule has 2 aromatic heterocycles. The maximum absolute atomic E-state index is 12.3. The molecule has 1 saturated heterocycles. The van der Waals surface area contributed by atoms with Gasteiger partial charge in [0.15, 0.2) is 0 Å². The van der Waals surface area contributed by atoms with Gasteiger partial charge in [-0.1, -0.05) is 12.1 Å². The maximum atomic E-state index is 12.3. The van der Waals surface area contributed by atoms with Gasteiger partial charge in [-0.05, 0) is 42.2 Å². The molecule has 1 aromatic carbocycles. The summed E-state index contributed by atoms with van der Waals surface area (Å²) in [5.74, 6) is -0.901. The van der Waals surface area contributed by atoms with Gasteiger partial charge in [-0.15, -0.1) is 0 Å². The normalized spacial score (nSPS) is 16.0. The number of benzene rings is 1. The van der Waals surface area contributed by atoms with Crippen LogP contribution in [-0.4, -0.2) is 39.3 Å². The third kappa shape index (κ3) is 3.12. The van der Waals surface area contributed by atoms with Crippen molar-refractivity contribution in [2.75, 3.05) is 13.1 Å². The zero-order chi connectivity index (χ0) is 21.8. The van der Waals surface area contributed by atoms with E-state index in [0.29, 0.717) is 37.1 Å². The summed E-state index contributed by atoms with van der Waals surface area (Å²) in [6.45, 7) is 1.36. The Bertz CT molecular complexity index is 1260. The molecule has 1 fully saturated rings. The number of aromatic nitrogens is 2. The fourth-order valence-corrected chi connectivity index (χ4v) is 4.82. The molecule has 1 aliphatic heterocycles. The number of aromatic carboxylic acids is 1. The van der Waals surface area contributed by atoms with Gasteiger partial charge in [0, 0.05) is 55.1 Å². The van der Waals surface area contributed by atoms with Crippen LogP contribution in [0.25, 0.3) is 22.5 Å². The number of carboxylic acids is 1. The average molecular weight is 413 g/mol. The highest BCUT2D eigenvalue weighted by atomic mass is 16.4. The van der Waals surface area contributed by atoms with Crippen molar-refractivity contribution in [3.05, 3.63) is 64.5 Å². The Balaban J connectivity index is 1.67. The van der Waals surface area contributed by atoms with Gasteiger partial charge >= 0.3 is 5.97 Å². The molecule has 1 aliphatic carbocycles. The summed E-state index contributed by atoms with van der Waals surface area (Å²) < 4.78 is 2.01. The predicted octanol–water partition coefficient (Wildman–Crippen LogP) is 2.27. The summed E-state index contributed by atoms with van der Waals surface area (Å²) in [4.78, 5) is 16.9. The van der Waals surface area contributed by atoms with Gasteiger partial charge in [0.05, 0.1) is 28.6 Å². The molecule has 0 amide bonds. The SMILES string of the molecule is Cn1c(CC2(N)CNC2)c(C(=O)O)c2c1-c1cc(-c3cccc(C#N)c3)ncc1CC2. The monoisotopic (exact) mass is 413 g/mol. The van der Waals surface area contributed by atoms with Crippen molar-refractivity contribution in [3.63, 3.8) is 0 Å². The minimum atomic E-state index is -0.901. The fraction of sp³-hybridized carbons (Fsp3) is 0.292. The molecular formula is C24H23N5O2. The highest BCUT2D eigenvalue weighted by Gasteiger charge is 2.37. The second-order valence-corrected chi connectivity index (χ2v) is 8.58. The zero-order valence-electron chi connectivity index (χ0n) is 17.3. The molecule has 0 radical (unpaired) electrons. The van der Waals surface area contributed by atoms with E-state index < -0.39 is 11.5 Å². The molecule has 0 spiro atoms. The first-order valence-corrected chi connectivity index (χ1v) is 10.3. The van der Waals surface area contributed by atoms with Crippen LogP contribution in [0.2, 0.25) is 0 Å². The molecule has 3 aromatic rings. The highest BCUT2D eigenvalue weighted by Crippen LogP contribution is 2.40. The number of aryl methyl sites for hydroxylation is 1. The smallest absolute Gasteiger partial charge is 0.337 e. The number of hydrogen-bond acceptors (Lipinski definition) is 5. The molecule has 0 bridgehead atoms. The predicted molar refractivity (Wildman–Crippen MR) is 117 cm³/mol. The zero-order valence-corrected chi connectivity index (χ0v) is 17.3. The summed E-state index contributed by atoms with van der Waals surface area (Å²) in [6.07, 6.45) is 3.80. The highest BCUT2D eigenvalue weighted by molar-refractivity contribution is 5.95. The van der Waals surface area contributed by atoms with Crippen molar-refractivity contribution in [2.24, 2.45) is 12.8 Å². The van der Waals surface area contributed by atoms with Crippen molar-refractivity contribution in [2.45, 2.75) is 24.8 Å². The standard InChI is InChI=1S/C24H23N5O2/c1-29-20(9-24(26)12-27-13-24)21(23(30)31)17-6-5-16-11-28-19(8-18(16)22(17)29)15-4-2-3-14(7-15)10-25/h2-4,7-8,11,27H,5-6,9,12-13,26H2,1H3,(H,30,31). The topological polar surface area (TPSA) is 117 Å². The fourth-order valence-electron chi connectivity index (χ4n) is 4.82. The number of pyridine rings is 1. The molecule has 156 valence electrons. The van der Waals surface area contributed by atoms with Gasteiger partial charge in [-0.25, -0.2) is 4.79 Å². The number of carbonyl (C=O) groups is 1. The van der Waals surface area contributed by atoms with Crippen molar-refractivity contribution >= 4 is 5.97 Å².